The Morgan fingerprint density at radius 1 is 1.32 bits per heavy atom. The van der Waals surface area contributed by atoms with Gasteiger partial charge in [-0.05, 0) is 23.8 Å². The molecule has 0 spiro atoms. The molecular formula is C18H18ClN5O3S. The fourth-order valence-corrected chi connectivity index (χ4v) is 3.88. The summed E-state index contributed by atoms with van der Waals surface area (Å²) in [4.78, 5) is 13.9. The standard InChI is InChI=1S/C18H18ClN5O3S/c1-24(2)11-21-28(26,27)17-9-13(8-16-14(17)10-20-23-16)22-18(25)7-12-5-3-4-6-15(12)19/h3-6,8-11H,7H2,1-2H3,(H,20,23)(H,22,25)/b21-11+. The predicted octanol–water partition coefficient (Wildman–Crippen LogP) is 2.68. The van der Waals surface area contributed by atoms with Gasteiger partial charge in [-0.3, -0.25) is 9.89 Å². The van der Waals surface area contributed by atoms with Crippen LogP contribution in [0.2, 0.25) is 5.02 Å². The van der Waals surface area contributed by atoms with Crippen molar-refractivity contribution in [1.82, 2.24) is 15.1 Å². The van der Waals surface area contributed by atoms with Crippen LogP contribution in [-0.4, -0.2) is 49.9 Å². The molecule has 2 aromatic carbocycles. The number of amides is 1. The van der Waals surface area contributed by atoms with E-state index < -0.39 is 10.0 Å². The van der Waals surface area contributed by atoms with Gasteiger partial charge >= 0.3 is 0 Å². The van der Waals surface area contributed by atoms with Crippen molar-refractivity contribution in [3.8, 4) is 0 Å². The van der Waals surface area contributed by atoms with Gasteiger partial charge in [0.25, 0.3) is 10.0 Å². The topological polar surface area (TPSA) is 108 Å². The van der Waals surface area contributed by atoms with Crippen LogP contribution in [0.25, 0.3) is 10.9 Å². The van der Waals surface area contributed by atoms with E-state index in [1.165, 1.54) is 23.5 Å². The number of aromatic nitrogens is 2. The van der Waals surface area contributed by atoms with E-state index in [-0.39, 0.29) is 17.2 Å². The van der Waals surface area contributed by atoms with Gasteiger partial charge in [0.1, 0.15) is 11.2 Å². The number of sulfonamides is 1. The second-order valence-electron chi connectivity index (χ2n) is 6.28. The van der Waals surface area contributed by atoms with Gasteiger partial charge in [-0.1, -0.05) is 29.8 Å². The number of aromatic amines is 1. The normalized spacial score (nSPS) is 11.8. The first-order chi connectivity index (χ1) is 13.3. The minimum atomic E-state index is -3.98. The zero-order valence-electron chi connectivity index (χ0n) is 15.2. The highest BCUT2D eigenvalue weighted by molar-refractivity contribution is 7.90. The molecule has 0 saturated carbocycles. The average Bonchev–Trinajstić information content (AvgIpc) is 3.09. The van der Waals surface area contributed by atoms with E-state index in [1.807, 2.05) is 0 Å². The van der Waals surface area contributed by atoms with Gasteiger partial charge in [-0.2, -0.15) is 13.5 Å². The summed E-state index contributed by atoms with van der Waals surface area (Å²) in [5.41, 5.74) is 1.45. The van der Waals surface area contributed by atoms with Crippen molar-refractivity contribution in [3.63, 3.8) is 0 Å². The first-order valence-corrected chi connectivity index (χ1v) is 10.1. The summed E-state index contributed by atoms with van der Waals surface area (Å²) in [6.07, 6.45) is 2.66. The van der Waals surface area contributed by atoms with Crippen LogP contribution in [0.1, 0.15) is 5.56 Å². The molecule has 0 bridgehead atoms. The Bertz CT molecular complexity index is 1150. The first-order valence-electron chi connectivity index (χ1n) is 8.23. The Kier molecular flexibility index (Phi) is 5.66. The molecule has 3 aromatic rings. The number of carbonyl (C=O) groups excluding carboxylic acids is 1. The van der Waals surface area contributed by atoms with Crippen molar-refractivity contribution in [2.75, 3.05) is 19.4 Å². The molecule has 28 heavy (non-hydrogen) atoms. The SMILES string of the molecule is CN(C)/C=N/S(=O)(=O)c1cc(NC(=O)Cc2ccccc2Cl)cc2[nH]ncc12. The molecule has 1 amide bonds. The maximum atomic E-state index is 12.6. The Morgan fingerprint density at radius 2 is 2.07 bits per heavy atom. The molecule has 10 heteroatoms. The maximum absolute atomic E-state index is 12.6. The molecule has 0 aliphatic rings. The number of rotatable bonds is 6. The molecule has 0 saturated heterocycles. The molecule has 146 valence electrons. The summed E-state index contributed by atoms with van der Waals surface area (Å²) in [5.74, 6) is -0.327. The number of hydrogen-bond donors (Lipinski definition) is 2. The molecule has 0 radical (unpaired) electrons. The van der Waals surface area contributed by atoms with E-state index in [0.29, 0.717) is 27.2 Å². The fraction of sp³-hybridized carbons (Fsp3) is 0.167. The zero-order valence-corrected chi connectivity index (χ0v) is 16.8. The van der Waals surface area contributed by atoms with Crippen LogP contribution in [0.15, 0.2) is 51.9 Å². The summed E-state index contributed by atoms with van der Waals surface area (Å²) in [6, 6.07) is 10.0. The summed E-state index contributed by atoms with van der Waals surface area (Å²) in [5, 5.41) is 10.2. The number of fused-ring (bicyclic) bond motifs is 1. The minimum Gasteiger partial charge on any atom is -0.368 e. The van der Waals surface area contributed by atoms with E-state index in [0.717, 1.165) is 0 Å². The molecule has 2 N–H and O–H groups in total. The molecule has 0 aliphatic carbocycles. The van der Waals surface area contributed by atoms with Crippen molar-refractivity contribution in [2.45, 2.75) is 11.3 Å². The van der Waals surface area contributed by atoms with E-state index in [1.54, 1.807) is 44.4 Å². The molecular weight excluding hydrogens is 402 g/mol. The van der Waals surface area contributed by atoms with Gasteiger partial charge in [0.05, 0.1) is 18.1 Å². The maximum Gasteiger partial charge on any atom is 0.284 e. The third kappa shape index (κ3) is 4.49. The van der Waals surface area contributed by atoms with Crippen LogP contribution in [0.3, 0.4) is 0 Å². The average molecular weight is 420 g/mol. The Balaban J connectivity index is 1.93. The van der Waals surface area contributed by atoms with E-state index in [4.69, 9.17) is 11.6 Å². The highest BCUT2D eigenvalue weighted by Gasteiger charge is 2.19. The molecule has 0 aliphatic heterocycles. The third-order valence-electron chi connectivity index (χ3n) is 3.81. The van der Waals surface area contributed by atoms with E-state index >= 15 is 0 Å². The highest BCUT2D eigenvalue weighted by atomic mass is 35.5. The number of hydrogen-bond acceptors (Lipinski definition) is 4. The fourth-order valence-electron chi connectivity index (χ4n) is 2.54. The minimum absolute atomic E-state index is 0.0510. The third-order valence-corrected chi connectivity index (χ3v) is 5.44. The van der Waals surface area contributed by atoms with Crippen LogP contribution < -0.4 is 5.32 Å². The first kappa shape index (κ1) is 19.8. The van der Waals surface area contributed by atoms with Crippen LogP contribution in [0, 0.1) is 0 Å². The smallest absolute Gasteiger partial charge is 0.284 e. The number of anilines is 1. The van der Waals surface area contributed by atoms with Gasteiger partial charge in [-0.25, -0.2) is 0 Å². The number of nitrogens with zero attached hydrogens (tertiary/aromatic N) is 3. The molecule has 3 rings (SSSR count). The van der Waals surface area contributed by atoms with Gasteiger partial charge in [-0.15, -0.1) is 4.40 Å². The van der Waals surface area contributed by atoms with Gasteiger partial charge < -0.3 is 10.2 Å². The number of nitrogens with one attached hydrogen (secondary N) is 2. The van der Waals surface area contributed by atoms with Crippen molar-refractivity contribution in [1.29, 1.82) is 0 Å². The van der Waals surface area contributed by atoms with Crippen LogP contribution >= 0.6 is 11.6 Å². The van der Waals surface area contributed by atoms with Gasteiger partial charge in [0.2, 0.25) is 5.91 Å². The predicted molar refractivity (Wildman–Crippen MR) is 109 cm³/mol. The highest BCUT2D eigenvalue weighted by Crippen LogP contribution is 2.28. The quantitative estimate of drug-likeness (QED) is 0.471. The molecule has 1 aromatic heterocycles. The summed E-state index contributed by atoms with van der Waals surface area (Å²) in [7, 11) is -0.651. The molecule has 0 atom stereocenters. The van der Waals surface area contributed by atoms with Gasteiger partial charge in [0, 0.05) is 30.2 Å². The number of carbonyl (C=O) groups is 1. The molecule has 1 heterocycles. The summed E-state index contributed by atoms with van der Waals surface area (Å²) < 4.78 is 28.9. The molecule has 0 unspecified atom stereocenters. The van der Waals surface area contributed by atoms with E-state index in [9.17, 15) is 13.2 Å². The largest absolute Gasteiger partial charge is 0.368 e. The molecule has 8 nitrogen and oxygen atoms in total. The lowest BCUT2D eigenvalue weighted by Crippen LogP contribution is -2.15. The second-order valence-corrected chi connectivity index (χ2v) is 8.29. The molecule has 0 fully saturated rings. The lowest BCUT2D eigenvalue weighted by Gasteiger charge is -2.09. The van der Waals surface area contributed by atoms with Crippen molar-refractivity contribution >= 4 is 50.5 Å². The van der Waals surface area contributed by atoms with E-state index in [2.05, 4.69) is 19.9 Å². The lowest BCUT2D eigenvalue weighted by molar-refractivity contribution is -0.115. The van der Waals surface area contributed by atoms with Crippen LogP contribution in [-0.2, 0) is 21.2 Å². The lowest BCUT2D eigenvalue weighted by atomic mass is 10.1. The van der Waals surface area contributed by atoms with Crippen LogP contribution in [0.5, 0.6) is 0 Å². The monoisotopic (exact) mass is 419 g/mol. The Labute approximate surface area is 167 Å². The van der Waals surface area contributed by atoms with Crippen LogP contribution in [0.4, 0.5) is 5.69 Å². The Morgan fingerprint density at radius 3 is 2.79 bits per heavy atom. The van der Waals surface area contributed by atoms with Crippen molar-refractivity contribution in [2.24, 2.45) is 4.40 Å². The van der Waals surface area contributed by atoms with Crippen molar-refractivity contribution < 1.29 is 13.2 Å². The summed E-state index contributed by atoms with van der Waals surface area (Å²) >= 11 is 6.09. The number of H-pyrrole nitrogens is 1. The van der Waals surface area contributed by atoms with Gasteiger partial charge in [0.15, 0.2) is 0 Å². The zero-order chi connectivity index (χ0) is 20.3. The Hall–Kier alpha value is -2.91. The summed E-state index contributed by atoms with van der Waals surface area (Å²) in [6.45, 7) is 0. The number of benzene rings is 2. The van der Waals surface area contributed by atoms with Crippen molar-refractivity contribution in [3.05, 3.63) is 53.2 Å². The second kappa shape index (κ2) is 7.99. The number of halogens is 1.